The van der Waals surface area contributed by atoms with Crippen molar-refractivity contribution in [2.45, 2.75) is 57.5 Å². The van der Waals surface area contributed by atoms with Crippen LogP contribution in [0.4, 0.5) is 4.79 Å². The average Bonchev–Trinajstić information content (AvgIpc) is 2.44. The van der Waals surface area contributed by atoms with Crippen LogP contribution in [0.5, 0.6) is 0 Å². The van der Waals surface area contributed by atoms with Crippen molar-refractivity contribution >= 4 is 12.1 Å². The maximum absolute atomic E-state index is 12.1. The summed E-state index contributed by atoms with van der Waals surface area (Å²) in [6.07, 6.45) is -4.48. The van der Waals surface area contributed by atoms with Crippen LogP contribution in [0, 0.1) is 0 Å². The second-order valence-electron chi connectivity index (χ2n) is 6.93. The maximum atomic E-state index is 12.1. The average molecular weight is 339 g/mol. The highest BCUT2D eigenvalue weighted by Crippen LogP contribution is 2.21. The quantitative estimate of drug-likeness (QED) is 0.621. The fourth-order valence-electron chi connectivity index (χ4n) is 2.26. The van der Waals surface area contributed by atoms with Gasteiger partial charge in [0.15, 0.2) is 6.10 Å². The van der Waals surface area contributed by atoms with Crippen molar-refractivity contribution in [3.05, 3.63) is 35.9 Å². The van der Waals surface area contributed by atoms with Crippen LogP contribution < -0.4 is 5.32 Å². The monoisotopic (exact) mass is 339 g/mol. The second kappa shape index (κ2) is 7.63. The Kier molecular flexibility index (Phi) is 6.34. The summed E-state index contributed by atoms with van der Waals surface area (Å²) >= 11 is 0. The van der Waals surface area contributed by atoms with E-state index in [0.717, 1.165) is 5.56 Å². The Bertz CT molecular complexity index is 568. The molecule has 0 spiro atoms. The van der Waals surface area contributed by atoms with Crippen molar-refractivity contribution in [1.82, 2.24) is 5.32 Å². The first-order valence-corrected chi connectivity index (χ1v) is 7.58. The number of carboxylic acid groups (broad SMARTS) is 1. The molecule has 24 heavy (non-hydrogen) atoms. The lowest BCUT2D eigenvalue weighted by Gasteiger charge is -2.37. The minimum Gasteiger partial charge on any atom is -0.479 e. The molecular weight excluding hydrogens is 314 g/mol. The highest BCUT2D eigenvalue weighted by atomic mass is 16.6. The molecule has 1 amide bonds. The zero-order valence-corrected chi connectivity index (χ0v) is 14.3. The van der Waals surface area contributed by atoms with Crippen molar-refractivity contribution in [1.29, 1.82) is 0 Å². The normalized spacial score (nSPS) is 16.6. The van der Waals surface area contributed by atoms with Gasteiger partial charge in [0, 0.05) is 0 Å². The topological polar surface area (TPSA) is 116 Å². The summed E-state index contributed by atoms with van der Waals surface area (Å²) in [5, 5.41) is 31.5. The van der Waals surface area contributed by atoms with Gasteiger partial charge in [-0.3, -0.25) is 0 Å². The van der Waals surface area contributed by atoms with E-state index >= 15 is 0 Å². The summed E-state index contributed by atoms with van der Waals surface area (Å²) in [7, 11) is 0. The third-order valence-electron chi connectivity index (χ3n) is 3.41. The number of ether oxygens (including phenoxy) is 1. The van der Waals surface area contributed by atoms with Crippen LogP contribution in [0.15, 0.2) is 30.3 Å². The van der Waals surface area contributed by atoms with E-state index in [-0.39, 0.29) is 6.42 Å². The first kappa shape index (κ1) is 19.9. The van der Waals surface area contributed by atoms with Gasteiger partial charge in [0.05, 0.1) is 5.54 Å². The minimum absolute atomic E-state index is 0.110. The molecule has 0 aliphatic carbocycles. The lowest BCUT2D eigenvalue weighted by molar-refractivity contribution is -0.156. The Morgan fingerprint density at radius 2 is 1.67 bits per heavy atom. The Balaban J connectivity index is 3.06. The number of aliphatic hydroxyl groups excluding tert-OH is 2. The van der Waals surface area contributed by atoms with E-state index in [0.29, 0.717) is 0 Å². The first-order valence-electron chi connectivity index (χ1n) is 7.58. The molecule has 1 aromatic rings. The molecular formula is C17H25NO6. The number of carbonyl (C=O) groups is 2. The molecule has 3 unspecified atom stereocenters. The summed E-state index contributed by atoms with van der Waals surface area (Å²) in [6.45, 7) is 6.51. The fraction of sp³-hybridized carbons (Fsp3) is 0.529. The minimum atomic E-state index is -2.05. The molecule has 3 atom stereocenters. The predicted molar refractivity (Wildman–Crippen MR) is 87.6 cm³/mol. The molecule has 1 aromatic carbocycles. The highest BCUT2D eigenvalue weighted by Gasteiger charge is 2.42. The van der Waals surface area contributed by atoms with Crippen LogP contribution >= 0.6 is 0 Å². The molecule has 0 saturated carbocycles. The molecule has 134 valence electrons. The first-order chi connectivity index (χ1) is 10.9. The lowest BCUT2D eigenvalue weighted by Crippen LogP contribution is -2.61. The smallest absolute Gasteiger partial charge is 0.408 e. The van der Waals surface area contributed by atoms with Crippen LogP contribution in [-0.2, 0) is 16.0 Å². The van der Waals surface area contributed by atoms with Crippen molar-refractivity contribution in [2.24, 2.45) is 0 Å². The Morgan fingerprint density at radius 3 is 2.12 bits per heavy atom. The van der Waals surface area contributed by atoms with Crippen LogP contribution in [0.3, 0.4) is 0 Å². The van der Waals surface area contributed by atoms with Gasteiger partial charge in [0.25, 0.3) is 0 Å². The number of aliphatic hydroxyl groups is 2. The number of hydrogen-bond acceptors (Lipinski definition) is 5. The molecule has 0 fully saturated rings. The van der Waals surface area contributed by atoms with Crippen molar-refractivity contribution in [3.8, 4) is 0 Å². The SMILES string of the molecule is CC(C)(C)OC(=O)NC(C)(Cc1ccccc1)C(O)C(O)C(=O)O. The van der Waals surface area contributed by atoms with Crippen molar-refractivity contribution in [2.75, 3.05) is 0 Å². The Hall–Kier alpha value is -2.12. The number of carbonyl (C=O) groups excluding carboxylic acids is 1. The van der Waals surface area contributed by atoms with Crippen LogP contribution in [-0.4, -0.2) is 50.7 Å². The van der Waals surface area contributed by atoms with Gasteiger partial charge < -0.3 is 25.4 Å². The second-order valence-corrected chi connectivity index (χ2v) is 6.93. The van der Waals surface area contributed by atoms with Gasteiger partial charge in [0.1, 0.15) is 11.7 Å². The van der Waals surface area contributed by atoms with Gasteiger partial charge in [-0.15, -0.1) is 0 Å². The van der Waals surface area contributed by atoms with Crippen LogP contribution in [0.1, 0.15) is 33.3 Å². The predicted octanol–water partition coefficient (Wildman–Crippen LogP) is 1.32. The van der Waals surface area contributed by atoms with Gasteiger partial charge in [-0.1, -0.05) is 30.3 Å². The molecule has 7 heteroatoms. The van der Waals surface area contributed by atoms with E-state index in [1.54, 1.807) is 45.0 Å². The summed E-state index contributed by atoms with van der Waals surface area (Å²) in [5.74, 6) is -1.58. The van der Waals surface area contributed by atoms with Crippen LogP contribution in [0.2, 0.25) is 0 Å². The molecule has 7 nitrogen and oxygen atoms in total. The molecule has 4 N–H and O–H groups in total. The Morgan fingerprint density at radius 1 is 1.12 bits per heavy atom. The fourth-order valence-corrected chi connectivity index (χ4v) is 2.26. The molecule has 0 aliphatic heterocycles. The molecule has 0 aliphatic rings. The van der Waals surface area contributed by atoms with E-state index in [1.165, 1.54) is 6.92 Å². The molecule has 1 rings (SSSR count). The summed E-state index contributed by atoms with van der Waals surface area (Å²) in [5.41, 5.74) is -1.44. The number of nitrogens with one attached hydrogen (secondary N) is 1. The van der Waals surface area contributed by atoms with Gasteiger partial charge in [-0.25, -0.2) is 9.59 Å². The lowest BCUT2D eigenvalue weighted by atomic mass is 9.84. The largest absolute Gasteiger partial charge is 0.479 e. The summed E-state index contributed by atoms with van der Waals surface area (Å²) < 4.78 is 5.17. The summed E-state index contributed by atoms with van der Waals surface area (Å²) in [4.78, 5) is 23.1. The third kappa shape index (κ3) is 5.82. The molecule has 0 aromatic heterocycles. The van der Waals surface area contributed by atoms with E-state index < -0.39 is 35.4 Å². The third-order valence-corrected chi connectivity index (χ3v) is 3.41. The van der Waals surface area contributed by atoms with Crippen molar-refractivity contribution in [3.63, 3.8) is 0 Å². The molecule has 0 saturated heterocycles. The van der Waals surface area contributed by atoms with Crippen molar-refractivity contribution < 1.29 is 29.6 Å². The number of aliphatic carboxylic acids is 1. The number of amides is 1. The van der Waals surface area contributed by atoms with Gasteiger partial charge in [0.2, 0.25) is 0 Å². The summed E-state index contributed by atoms with van der Waals surface area (Å²) in [6, 6.07) is 8.92. The van der Waals surface area contributed by atoms with Gasteiger partial charge in [-0.2, -0.15) is 0 Å². The highest BCUT2D eigenvalue weighted by molar-refractivity contribution is 5.74. The Labute approximate surface area is 141 Å². The van der Waals surface area contributed by atoms with Crippen LogP contribution in [0.25, 0.3) is 0 Å². The van der Waals surface area contributed by atoms with Gasteiger partial charge >= 0.3 is 12.1 Å². The van der Waals surface area contributed by atoms with E-state index in [9.17, 15) is 19.8 Å². The zero-order chi connectivity index (χ0) is 18.5. The molecule has 0 radical (unpaired) electrons. The maximum Gasteiger partial charge on any atom is 0.408 e. The van der Waals surface area contributed by atoms with E-state index in [1.807, 2.05) is 6.07 Å². The molecule has 0 bridgehead atoms. The number of carboxylic acids is 1. The molecule has 0 heterocycles. The standard InChI is InChI=1S/C17H25NO6/c1-16(2,3)24-15(23)18-17(4,13(20)12(19)14(21)22)10-11-8-6-5-7-9-11/h5-9,12-13,19-20H,10H2,1-4H3,(H,18,23)(H,21,22). The number of alkyl carbamates (subject to hydrolysis) is 1. The number of benzene rings is 1. The number of hydrogen-bond donors (Lipinski definition) is 4. The van der Waals surface area contributed by atoms with E-state index in [2.05, 4.69) is 5.32 Å². The number of rotatable bonds is 6. The van der Waals surface area contributed by atoms with E-state index in [4.69, 9.17) is 9.84 Å². The van der Waals surface area contributed by atoms with Gasteiger partial charge in [-0.05, 0) is 39.7 Å². The zero-order valence-electron chi connectivity index (χ0n) is 14.3.